The molecule has 3 rings (SSSR count). The highest BCUT2D eigenvalue weighted by molar-refractivity contribution is 8.00. The number of allylic oxidation sites excluding steroid dienone is 1. The number of rotatable bonds is 9. The van der Waals surface area contributed by atoms with Crippen molar-refractivity contribution in [3.05, 3.63) is 59.9 Å². The van der Waals surface area contributed by atoms with Gasteiger partial charge in [-0.1, -0.05) is 30.0 Å². The van der Waals surface area contributed by atoms with Crippen molar-refractivity contribution in [3.63, 3.8) is 0 Å². The first-order chi connectivity index (χ1) is 14.5. The van der Waals surface area contributed by atoms with E-state index in [1.807, 2.05) is 31.2 Å². The van der Waals surface area contributed by atoms with E-state index in [1.165, 1.54) is 23.1 Å². The minimum atomic E-state index is -0.421. The molecule has 1 atom stereocenters. The third kappa shape index (κ3) is 5.77. The molecule has 2 N–H and O–H groups in total. The van der Waals surface area contributed by atoms with E-state index in [0.29, 0.717) is 22.7 Å². The van der Waals surface area contributed by atoms with E-state index in [4.69, 9.17) is 0 Å². The van der Waals surface area contributed by atoms with E-state index in [9.17, 15) is 9.59 Å². The molecule has 156 valence electrons. The van der Waals surface area contributed by atoms with Gasteiger partial charge >= 0.3 is 0 Å². The molecule has 1 aromatic carbocycles. The highest BCUT2D eigenvalue weighted by Gasteiger charge is 2.21. The van der Waals surface area contributed by atoms with Gasteiger partial charge in [-0.25, -0.2) is 4.98 Å². The minimum Gasteiger partial charge on any atom is -0.326 e. The van der Waals surface area contributed by atoms with Crippen molar-refractivity contribution < 1.29 is 9.59 Å². The largest absolute Gasteiger partial charge is 0.326 e. The number of nitrogens with zero attached hydrogens (tertiary/aromatic N) is 4. The number of thiazole rings is 1. The fourth-order valence-corrected chi connectivity index (χ4v) is 4.03. The molecule has 0 saturated carbocycles. The van der Waals surface area contributed by atoms with Crippen molar-refractivity contribution >= 4 is 45.7 Å². The van der Waals surface area contributed by atoms with Crippen molar-refractivity contribution in [1.29, 1.82) is 0 Å². The predicted octanol–water partition coefficient (Wildman–Crippen LogP) is 3.53. The average molecular weight is 443 g/mol. The SMILES string of the molecule is C=CCn1c(CC(=O)Nc2cccc(C)c2)nnc1SC(C)C(=O)Nc1nccs1. The predicted molar refractivity (Wildman–Crippen MR) is 120 cm³/mol. The van der Waals surface area contributed by atoms with Crippen LogP contribution in [0.3, 0.4) is 0 Å². The topological polar surface area (TPSA) is 102 Å². The maximum absolute atomic E-state index is 12.5. The van der Waals surface area contributed by atoms with E-state index in [-0.39, 0.29) is 18.2 Å². The second-order valence-electron chi connectivity index (χ2n) is 6.48. The van der Waals surface area contributed by atoms with Crippen molar-refractivity contribution in [3.8, 4) is 0 Å². The van der Waals surface area contributed by atoms with Crippen LogP contribution in [0.4, 0.5) is 10.8 Å². The first-order valence-corrected chi connectivity index (χ1v) is 11.0. The molecule has 0 saturated heterocycles. The van der Waals surface area contributed by atoms with E-state index in [0.717, 1.165) is 11.3 Å². The maximum atomic E-state index is 12.5. The smallest absolute Gasteiger partial charge is 0.239 e. The lowest BCUT2D eigenvalue weighted by atomic mass is 10.2. The number of aromatic nitrogens is 4. The second-order valence-corrected chi connectivity index (χ2v) is 8.68. The molecule has 2 heterocycles. The molecule has 2 aromatic heterocycles. The molecule has 2 amide bonds. The van der Waals surface area contributed by atoms with Crippen molar-refractivity contribution in [2.75, 3.05) is 10.6 Å². The van der Waals surface area contributed by atoms with Crippen LogP contribution in [0.2, 0.25) is 0 Å². The summed E-state index contributed by atoms with van der Waals surface area (Å²) in [6, 6.07) is 7.59. The fraction of sp³-hybridized carbons (Fsp3) is 0.250. The zero-order valence-corrected chi connectivity index (χ0v) is 18.3. The number of nitrogens with one attached hydrogen (secondary N) is 2. The summed E-state index contributed by atoms with van der Waals surface area (Å²) < 4.78 is 1.79. The van der Waals surface area contributed by atoms with Crippen LogP contribution in [0.15, 0.2) is 53.7 Å². The van der Waals surface area contributed by atoms with Crippen LogP contribution in [0.1, 0.15) is 18.3 Å². The quantitative estimate of drug-likeness (QED) is 0.388. The van der Waals surface area contributed by atoms with Crippen LogP contribution >= 0.6 is 23.1 Å². The van der Waals surface area contributed by atoms with Crippen LogP contribution in [0.25, 0.3) is 0 Å². The van der Waals surface area contributed by atoms with E-state index in [1.54, 1.807) is 29.1 Å². The molecule has 10 heteroatoms. The Balaban J connectivity index is 1.67. The number of aryl methyl sites for hydroxylation is 1. The summed E-state index contributed by atoms with van der Waals surface area (Å²) in [4.78, 5) is 28.9. The zero-order valence-electron chi connectivity index (χ0n) is 16.7. The molecule has 30 heavy (non-hydrogen) atoms. The van der Waals surface area contributed by atoms with Gasteiger partial charge in [0.05, 0.1) is 11.7 Å². The Bertz CT molecular complexity index is 1030. The van der Waals surface area contributed by atoms with Crippen LogP contribution in [-0.2, 0) is 22.6 Å². The van der Waals surface area contributed by atoms with E-state index < -0.39 is 5.25 Å². The molecule has 0 aliphatic rings. The number of hydrogen-bond acceptors (Lipinski definition) is 7. The second kappa shape index (κ2) is 10.2. The summed E-state index contributed by atoms with van der Waals surface area (Å²) >= 11 is 2.62. The lowest BCUT2D eigenvalue weighted by molar-refractivity contribution is -0.116. The Morgan fingerprint density at radius 2 is 2.17 bits per heavy atom. The van der Waals surface area contributed by atoms with Gasteiger partial charge in [0.15, 0.2) is 10.3 Å². The molecular formula is C20H22N6O2S2. The summed E-state index contributed by atoms with van der Waals surface area (Å²) in [6.45, 7) is 7.95. The molecule has 0 aliphatic carbocycles. The molecule has 1 unspecified atom stereocenters. The third-order valence-corrected chi connectivity index (χ3v) is 5.81. The Labute approximate surface area is 182 Å². The van der Waals surface area contributed by atoms with Crippen molar-refractivity contribution in [2.24, 2.45) is 0 Å². The number of carbonyl (C=O) groups is 2. The average Bonchev–Trinajstić information content (AvgIpc) is 3.33. The van der Waals surface area contributed by atoms with Crippen LogP contribution in [-0.4, -0.2) is 36.8 Å². The van der Waals surface area contributed by atoms with Crippen molar-refractivity contribution in [1.82, 2.24) is 19.7 Å². The third-order valence-electron chi connectivity index (χ3n) is 4.04. The normalized spacial score (nSPS) is 11.7. The molecule has 0 aliphatic heterocycles. The molecule has 0 radical (unpaired) electrons. The minimum absolute atomic E-state index is 0.0645. The van der Waals surface area contributed by atoms with Gasteiger partial charge in [-0.2, -0.15) is 0 Å². The van der Waals surface area contributed by atoms with Gasteiger partial charge in [0.25, 0.3) is 0 Å². The number of anilines is 2. The van der Waals surface area contributed by atoms with Gasteiger partial charge < -0.3 is 15.2 Å². The summed E-state index contributed by atoms with van der Waals surface area (Å²) in [5.74, 6) is 0.140. The summed E-state index contributed by atoms with van der Waals surface area (Å²) in [5.41, 5.74) is 1.79. The molecule has 0 bridgehead atoms. The van der Waals surface area contributed by atoms with Gasteiger partial charge in [-0.05, 0) is 31.5 Å². The maximum Gasteiger partial charge on any atom is 0.239 e. The number of benzene rings is 1. The Morgan fingerprint density at radius 3 is 2.87 bits per heavy atom. The molecule has 0 fully saturated rings. The number of hydrogen-bond donors (Lipinski definition) is 2. The van der Waals surface area contributed by atoms with Gasteiger partial charge in [0.2, 0.25) is 11.8 Å². The number of amides is 2. The Hall–Kier alpha value is -2.98. The summed E-state index contributed by atoms with van der Waals surface area (Å²) in [6.07, 6.45) is 3.40. The van der Waals surface area contributed by atoms with Crippen LogP contribution in [0, 0.1) is 6.92 Å². The molecule has 0 spiro atoms. The molecule has 8 nitrogen and oxygen atoms in total. The highest BCUT2D eigenvalue weighted by Crippen LogP contribution is 2.24. The monoisotopic (exact) mass is 442 g/mol. The summed E-state index contributed by atoms with van der Waals surface area (Å²) in [5, 5.41) is 16.5. The lowest BCUT2D eigenvalue weighted by Gasteiger charge is -2.12. The van der Waals surface area contributed by atoms with E-state index >= 15 is 0 Å². The highest BCUT2D eigenvalue weighted by atomic mass is 32.2. The fourth-order valence-electron chi connectivity index (χ4n) is 2.62. The van der Waals surface area contributed by atoms with Gasteiger partial charge in [-0.15, -0.1) is 28.1 Å². The number of carbonyl (C=O) groups excluding carboxylic acids is 2. The summed E-state index contributed by atoms with van der Waals surface area (Å²) in [7, 11) is 0. The van der Waals surface area contributed by atoms with Gasteiger partial charge in [0.1, 0.15) is 5.82 Å². The first-order valence-electron chi connectivity index (χ1n) is 9.22. The van der Waals surface area contributed by atoms with Gasteiger partial charge in [0, 0.05) is 23.8 Å². The number of thioether (sulfide) groups is 1. The Morgan fingerprint density at radius 1 is 1.33 bits per heavy atom. The first kappa shape index (κ1) is 21.7. The van der Waals surface area contributed by atoms with E-state index in [2.05, 4.69) is 32.4 Å². The standard InChI is InChI=1S/C20H22N6O2S2/c1-4-9-26-16(12-17(27)22-15-7-5-6-13(2)11-15)24-25-20(26)30-14(3)18(28)23-19-21-8-10-29-19/h4-8,10-11,14H,1,9,12H2,2-3H3,(H,22,27)(H,21,23,28). The Kier molecular flexibility index (Phi) is 7.36. The zero-order chi connectivity index (χ0) is 21.5. The molecular weight excluding hydrogens is 420 g/mol. The van der Waals surface area contributed by atoms with Crippen LogP contribution < -0.4 is 10.6 Å². The van der Waals surface area contributed by atoms with Crippen LogP contribution in [0.5, 0.6) is 0 Å². The van der Waals surface area contributed by atoms with Gasteiger partial charge in [-0.3, -0.25) is 9.59 Å². The lowest BCUT2D eigenvalue weighted by Crippen LogP contribution is -2.23. The van der Waals surface area contributed by atoms with Crippen molar-refractivity contribution in [2.45, 2.75) is 37.2 Å². The molecule has 3 aromatic rings.